The van der Waals surface area contributed by atoms with Crippen molar-refractivity contribution in [3.63, 3.8) is 0 Å². The van der Waals surface area contributed by atoms with Crippen LogP contribution in [-0.4, -0.2) is 0 Å². The molecule has 98 heavy (non-hydrogen) atoms. The maximum atomic E-state index is 6.38. The molecular weight excluding hydrogens is 1190 g/mol. The zero-order valence-electron chi connectivity index (χ0n) is 56.4. The monoisotopic (exact) mass is 1260 g/mol. The maximum Gasteiger partial charge on any atom is 0.135 e. The minimum atomic E-state index is -0.0972. The van der Waals surface area contributed by atoms with E-state index in [1.165, 1.54) is 77.9 Å². The summed E-state index contributed by atoms with van der Waals surface area (Å²) in [6, 6.07) is 108. The van der Waals surface area contributed by atoms with E-state index in [4.69, 9.17) is 8.83 Å². The number of rotatable bonds is 11. The van der Waals surface area contributed by atoms with Crippen LogP contribution in [0.4, 0.5) is 34.1 Å². The van der Waals surface area contributed by atoms with Crippen molar-refractivity contribution in [2.45, 2.75) is 66.2 Å². The van der Waals surface area contributed by atoms with Crippen LogP contribution in [0.1, 0.15) is 72.2 Å². The molecule has 2 aromatic heterocycles. The SMILES string of the molecule is Cc1cc(-c2ccc(N(c3ccc(-c4ccc5c(c4)C(C)(C)c4ccccc4-5)cc3)c3c(C)cccc3-c3ccc4oc5ccccc5c4c3)c(C)c2)ccc1N(c1ccc(-c2ccc3c(c2)C(C)(C)c2ccccc2-3)cc1)c1c(C)cccc1-c1ccc2oc3ccccc3c2c1. The minimum Gasteiger partial charge on any atom is -0.456 e. The molecular formula is C94H72N2O2. The van der Waals surface area contributed by atoms with Gasteiger partial charge in [0.25, 0.3) is 0 Å². The van der Waals surface area contributed by atoms with Crippen LogP contribution in [0, 0.1) is 27.7 Å². The van der Waals surface area contributed by atoms with E-state index in [-0.39, 0.29) is 10.8 Å². The van der Waals surface area contributed by atoms with Crippen molar-refractivity contribution in [1.82, 2.24) is 0 Å². The highest BCUT2D eigenvalue weighted by atomic mass is 16.3. The Kier molecular flexibility index (Phi) is 13.5. The van der Waals surface area contributed by atoms with E-state index in [1.807, 2.05) is 12.1 Å². The summed E-state index contributed by atoms with van der Waals surface area (Å²) < 4.78 is 12.8. The fourth-order valence-corrected chi connectivity index (χ4v) is 16.5. The van der Waals surface area contributed by atoms with Gasteiger partial charge < -0.3 is 18.6 Å². The highest BCUT2D eigenvalue weighted by molar-refractivity contribution is 6.09. The van der Waals surface area contributed by atoms with Crippen molar-refractivity contribution < 1.29 is 8.83 Å². The van der Waals surface area contributed by atoms with Crippen molar-refractivity contribution in [2.75, 3.05) is 9.80 Å². The van der Waals surface area contributed by atoms with Crippen LogP contribution >= 0.6 is 0 Å². The first kappa shape index (κ1) is 58.8. The smallest absolute Gasteiger partial charge is 0.135 e. The molecule has 16 aromatic rings. The molecule has 0 saturated heterocycles. The average Bonchev–Trinajstić information content (AvgIpc) is 1.48. The Labute approximate surface area is 573 Å². The summed E-state index contributed by atoms with van der Waals surface area (Å²) in [5, 5.41) is 4.43. The molecule has 0 radical (unpaired) electrons. The first-order valence-corrected chi connectivity index (χ1v) is 34.3. The Morgan fingerprint density at radius 1 is 0.235 bits per heavy atom. The Morgan fingerprint density at radius 3 is 1.00 bits per heavy atom. The number of benzene rings is 14. The number of para-hydroxylation sites is 4. The predicted octanol–water partition coefficient (Wildman–Crippen LogP) is 26.6. The lowest BCUT2D eigenvalue weighted by molar-refractivity contribution is 0.660. The lowest BCUT2D eigenvalue weighted by Gasteiger charge is -2.32. The summed E-state index contributed by atoms with van der Waals surface area (Å²) in [6.07, 6.45) is 0. The molecule has 0 aliphatic heterocycles. The molecule has 0 bridgehead atoms. The van der Waals surface area contributed by atoms with Crippen LogP contribution in [0.5, 0.6) is 0 Å². The summed E-state index contributed by atoms with van der Waals surface area (Å²) in [7, 11) is 0. The number of nitrogens with zero attached hydrogens (tertiary/aromatic N) is 2. The van der Waals surface area contributed by atoms with Gasteiger partial charge in [0.2, 0.25) is 0 Å². The van der Waals surface area contributed by atoms with Gasteiger partial charge >= 0.3 is 0 Å². The van der Waals surface area contributed by atoms with Crippen LogP contribution in [0.2, 0.25) is 0 Å². The maximum absolute atomic E-state index is 6.38. The van der Waals surface area contributed by atoms with Gasteiger partial charge in [0.15, 0.2) is 0 Å². The second-order valence-corrected chi connectivity index (χ2v) is 28.2. The molecule has 2 aliphatic rings. The summed E-state index contributed by atoms with van der Waals surface area (Å²) in [4.78, 5) is 4.98. The van der Waals surface area contributed by atoms with Gasteiger partial charge in [-0.1, -0.05) is 222 Å². The Bertz CT molecular complexity index is 5570. The van der Waals surface area contributed by atoms with Crippen molar-refractivity contribution in [2.24, 2.45) is 0 Å². The molecule has 0 spiro atoms. The van der Waals surface area contributed by atoms with Crippen LogP contribution in [0.15, 0.2) is 300 Å². The molecule has 0 fully saturated rings. The summed E-state index contributed by atoms with van der Waals surface area (Å²) in [5.74, 6) is 0. The second-order valence-electron chi connectivity index (χ2n) is 28.2. The number of furan rings is 2. The van der Waals surface area contributed by atoms with Crippen molar-refractivity contribution >= 4 is 78.0 Å². The molecule has 2 aliphatic carbocycles. The number of fused-ring (bicyclic) bond motifs is 12. The predicted molar refractivity (Wildman–Crippen MR) is 412 cm³/mol. The molecule has 4 nitrogen and oxygen atoms in total. The summed E-state index contributed by atoms with van der Waals surface area (Å²) in [6.45, 7) is 18.5. The largest absolute Gasteiger partial charge is 0.456 e. The molecule has 470 valence electrons. The van der Waals surface area contributed by atoms with Gasteiger partial charge in [-0.15, -0.1) is 0 Å². The third-order valence-electron chi connectivity index (χ3n) is 21.6. The number of hydrogen-bond acceptors (Lipinski definition) is 4. The summed E-state index contributed by atoms with van der Waals surface area (Å²) in [5.41, 5.74) is 37.1. The second kappa shape index (κ2) is 22.4. The molecule has 0 atom stereocenters. The van der Waals surface area contributed by atoms with Crippen LogP contribution in [0.25, 0.3) is 122 Å². The van der Waals surface area contributed by atoms with Crippen LogP contribution in [-0.2, 0) is 10.8 Å². The van der Waals surface area contributed by atoms with Gasteiger partial charge in [-0.2, -0.15) is 0 Å². The topological polar surface area (TPSA) is 32.8 Å². The molecule has 4 heteroatoms. The van der Waals surface area contributed by atoms with E-state index in [0.717, 1.165) is 123 Å². The van der Waals surface area contributed by atoms with Gasteiger partial charge in [0, 0.05) is 66.3 Å². The Balaban J connectivity index is 0.743. The van der Waals surface area contributed by atoms with E-state index in [9.17, 15) is 0 Å². The fraction of sp³-hybridized carbons (Fsp3) is 0.106. The Hall–Kier alpha value is -11.7. The van der Waals surface area contributed by atoms with Crippen LogP contribution in [0.3, 0.4) is 0 Å². The minimum absolute atomic E-state index is 0.0972. The van der Waals surface area contributed by atoms with Gasteiger partial charge in [-0.05, 0) is 236 Å². The van der Waals surface area contributed by atoms with Gasteiger partial charge in [0.1, 0.15) is 22.3 Å². The van der Waals surface area contributed by atoms with Crippen molar-refractivity contribution in [3.05, 3.63) is 336 Å². The van der Waals surface area contributed by atoms with Crippen molar-refractivity contribution in [3.8, 4) is 77.9 Å². The molecule has 0 N–H and O–H groups in total. The molecule has 18 rings (SSSR count). The van der Waals surface area contributed by atoms with Crippen LogP contribution < -0.4 is 9.80 Å². The van der Waals surface area contributed by atoms with E-state index in [0.29, 0.717) is 0 Å². The number of hydrogen-bond donors (Lipinski definition) is 0. The molecule has 2 heterocycles. The van der Waals surface area contributed by atoms with Crippen molar-refractivity contribution in [1.29, 1.82) is 0 Å². The van der Waals surface area contributed by atoms with E-state index < -0.39 is 0 Å². The highest BCUT2D eigenvalue weighted by Gasteiger charge is 2.37. The molecule has 0 unspecified atom stereocenters. The summed E-state index contributed by atoms with van der Waals surface area (Å²) >= 11 is 0. The normalized spacial score (nSPS) is 13.3. The van der Waals surface area contributed by atoms with Gasteiger partial charge in [-0.25, -0.2) is 0 Å². The molecule has 0 saturated carbocycles. The zero-order chi connectivity index (χ0) is 66.3. The van der Waals surface area contributed by atoms with Gasteiger partial charge in [-0.3, -0.25) is 0 Å². The van der Waals surface area contributed by atoms with E-state index in [1.54, 1.807) is 0 Å². The van der Waals surface area contributed by atoms with E-state index >= 15 is 0 Å². The number of aryl methyl sites for hydroxylation is 4. The first-order valence-electron chi connectivity index (χ1n) is 34.3. The number of anilines is 6. The standard InChI is InChI=1S/C94H72N2O2/c1-57-19-17-25-71(67-39-49-89-79(53-67)77-23-11-15-29-87(77)97-89)91(57)95(69-41-31-61(32-42-69)65-35-45-75-73-21-9-13-27-81(73)93(5,6)83(75)55-65)85-47-37-63(51-59(85)3)64-38-48-86(60(4)52-64)96(92-58(2)20-18-26-72(92)68-40-50-90-80(54-68)78-24-12-16-30-88(78)98-90)70-43-33-62(34-44-70)66-36-46-76-74-22-10-14-28-82(74)94(7,8)84(76)56-66/h9-56H,1-8H3. The molecule has 14 aromatic carbocycles. The zero-order valence-corrected chi connectivity index (χ0v) is 56.4. The third-order valence-corrected chi connectivity index (χ3v) is 21.6. The lowest BCUT2D eigenvalue weighted by atomic mass is 9.81. The fourth-order valence-electron chi connectivity index (χ4n) is 16.5. The lowest BCUT2D eigenvalue weighted by Crippen LogP contribution is -2.15. The molecule has 0 amide bonds. The van der Waals surface area contributed by atoms with E-state index in [2.05, 4.69) is 344 Å². The third kappa shape index (κ3) is 9.33. The highest BCUT2D eigenvalue weighted by Crippen LogP contribution is 2.54. The average molecular weight is 1260 g/mol. The van der Waals surface area contributed by atoms with Gasteiger partial charge in [0.05, 0.1) is 11.4 Å². The first-order chi connectivity index (χ1) is 47.7. The Morgan fingerprint density at radius 2 is 0.571 bits per heavy atom. The quantitative estimate of drug-likeness (QED) is 0.129.